The third kappa shape index (κ3) is 4.70. The van der Waals surface area contributed by atoms with Crippen LogP contribution < -0.4 is 5.32 Å². The molecule has 0 radical (unpaired) electrons. The van der Waals surface area contributed by atoms with Gasteiger partial charge in [-0.2, -0.15) is 13.2 Å². The number of halogens is 3. The van der Waals surface area contributed by atoms with Gasteiger partial charge in [0.15, 0.2) is 0 Å². The van der Waals surface area contributed by atoms with Crippen molar-refractivity contribution < 1.29 is 17.9 Å². The molecule has 0 aliphatic heterocycles. The molecule has 1 aliphatic rings. The fourth-order valence-electron chi connectivity index (χ4n) is 1.97. The van der Waals surface area contributed by atoms with Crippen LogP contribution in [-0.4, -0.2) is 31.5 Å². The van der Waals surface area contributed by atoms with Crippen molar-refractivity contribution in [3.63, 3.8) is 0 Å². The summed E-state index contributed by atoms with van der Waals surface area (Å²) in [5.41, 5.74) is 0.268. The zero-order valence-corrected chi connectivity index (χ0v) is 9.70. The molecule has 0 atom stereocenters. The first-order chi connectivity index (χ1) is 7.47. The Balaban J connectivity index is 1.96. The molecule has 0 heterocycles. The van der Waals surface area contributed by atoms with Crippen LogP contribution in [0.3, 0.4) is 0 Å². The number of hydrogen-bond donors (Lipinski definition) is 1. The molecule has 5 heteroatoms. The molecule has 0 spiro atoms. The number of alkyl halides is 3. The van der Waals surface area contributed by atoms with Gasteiger partial charge in [-0.05, 0) is 38.6 Å². The zero-order valence-electron chi connectivity index (χ0n) is 9.70. The lowest BCUT2D eigenvalue weighted by molar-refractivity contribution is -0.174. The van der Waals surface area contributed by atoms with Crippen LogP contribution in [0.15, 0.2) is 0 Å². The molecule has 0 amide bonds. The van der Waals surface area contributed by atoms with Crippen molar-refractivity contribution in [2.45, 2.75) is 50.7 Å². The summed E-state index contributed by atoms with van der Waals surface area (Å²) in [6, 6.07) is 0. The standard InChI is InChI=1S/C11H20F3NO/c1-2-10(5-3-6-10)15-7-4-8-16-9-11(12,13)14/h15H,2-9H2,1H3. The van der Waals surface area contributed by atoms with E-state index in [4.69, 9.17) is 0 Å². The third-order valence-corrected chi connectivity index (χ3v) is 3.22. The van der Waals surface area contributed by atoms with Crippen molar-refractivity contribution in [2.24, 2.45) is 0 Å². The fourth-order valence-corrected chi connectivity index (χ4v) is 1.97. The van der Waals surface area contributed by atoms with E-state index in [0.29, 0.717) is 6.42 Å². The molecule has 1 N–H and O–H groups in total. The molecule has 1 saturated carbocycles. The van der Waals surface area contributed by atoms with Crippen molar-refractivity contribution in [2.75, 3.05) is 19.8 Å². The van der Waals surface area contributed by atoms with Crippen LogP contribution >= 0.6 is 0 Å². The maximum absolute atomic E-state index is 11.7. The van der Waals surface area contributed by atoms with Crippen LogP contribution in [0.4, 0.5) is 13.2 Å². The van der Waals surface area contributed by atoms with Crippen LogP contribution in [-0.2, 0) is 4.74 Å². The highest BCUT2D eigenvalue weighted by molar-refractivity contribution is 4.94. The Morgan fingerprint density at radius 1 is 1.31 bits per heavy atom. The van der Waals surface area contributed by atoms with E-state index in [-0.39, 0.29) is 12.1 Å². The Bertz CT molecular complexity index is 196. The lowest BCUT2D eigenvalue weighted by Crippen LogP contribution is -2.50. The summed E-state index contributed by atoms with van der Waals surface area (Å²) < 4.78 is 39.7. The smallest absolute Gasteiger partial charge is 0.372 e. The zero-order chi connectivity index (χ0) is 12.1. The number of rotatable bonds is 7. The molecule has 0 unspecified atom stereocenters. The normalized spacial score (nSPS) is 19.5. The van der Waals surface area contributed by atoms with Gasteiger partial charge in [-0.25, -0.2) is 0 Å². The van der Waals surface area contributed by atoms with Crippen molar-refractivity contribution in [1.29, 1.82) is 0 Å². The van der Waals surface area contributed by atoms with Gasteiger partial charge < -0.3 is 10.1 Å². The number of ether oxygens (including phenoxy) is 1. The Labute approximate surface area is 94.5 Å². The highest BCUT2D eigenvalue weighted by Gasteiger charge is 2.33. The second kappa shape index (κ2) is 5.87. The van der Waals surface area contributed by atoms with Gasteiger partial charge in [-0.1, -0.05) is 6.92 Å². The van der Waals surface area contributed by atoms with E-state index in [1.807, 2.05) is 0 Å². The summed E-state index contributed by atoms with van der Waals surface area (Å²) in [7, 11) is 0. The van der Waals surface area contributed by atoms with Gasteiger partial charge in [0.05, 0.1) is 0 Å². The Hall–Kier alpha value is -0.290. The average molecular weight is 239 g/mol. The van der Waals surface area contributed by atoms with Gasteiger partial charge in [-0.15, -0.1) is 0 Å². The molecule has 0 aromatic heterocycles. The average Bonchev–Trinajstić information content (AvgIpc) is 2.13. The predicted octanol–water partition coefficient (Wildman–Crippen LogP) is 2.88. The molecular formula is C11H20F3NO. The molecule has 0 bridgehead atoms. The van der Waals surface area contributed by atoms with E-state index < -0.39 is 12.8 Å². The maximum atomic E-state index is 11.7. The largest absolute Gasteiger partial charge is 0.411 e. The second-order valence-electron chi connectivity index (χ2n) is 4.44. The van der Waals surface area contributed by atoms with Gasteiger partial charge in [0.25, 0.3) is 0 Å². The quantitative estimate of drug-likeness (QED) is 0.690. The SMILES string of the molecule is CCC1(NCCCOCC(F)(F)F)CCC1. The minimum Gasteiger partial charge on any atom is -0.372 e. The van der Waals surface area contributed by atoms with Gasteiger partial charge >= 0.3 is 6.18 Å². The number of nitrogens with one attached hydrogen (secondary N) is 1. The van der Waals surface area contributed by atoms with Crippen LogP contribution in [0.1, 0.15) is 39.0 Å². The van der Waals surface area contributed by atoms with Crippen LogP contribution in [0.2, 0.25) is 0 Å². The summed E-state index contributed by atoms with van der Waals surface area (Å²) in [6.07, 6.45) is 1.16. The van der Waals surface area contributed by atoms with E-state index in [9.17, 15) is 13.2 Å². The van der Waals surface area contributed by atoms with E-state index in [0.717, 1.165) is 13.0 Å². The summed E-state index contributed by atoms with van der Waals surface area (Å²) in [5.74, 6) is 0. The monoisotopic (exact) mass is 239 g/mol. The van der Waals surface area contributed by atoms with Gasteiger partial charge in [-0.3, -0.25) is 0 Å². The molecule has 96 valence electrons. The van der Waals surface area contributed by atoms with Gasteiger partial charge in [0, 0.05) is 12.1 Å². The van der Waals surface area contributed by atoms with Crippen LogP contribution in [0.5, 0.6) is 0 Å². The topological polar surface area (TPSA) is 21.3 Å². The predicted molar refractivity (Wildman–Crippen MR) is 56.4 cm³/mol. The van der Waals surface area contributed by atoms with Crippen molar-refractivity contribution >= 4 is 0 Å². The maximum Gasteiger partial charge on any atom is 0.411 e. The lowest BCUT2D eigenvalue weighted by Gasteiger charge is -2.42. The first-order valence-electron chi connectivity index (χ1n) is 5.87. The summed E-state index contributed by atoms with van der Waals surface area (Å²) in [5, 5.41) is 3.42. The Kier molecular flexibility index (Phi) is 5.05. The lowest BCUT2D eigenvalue weighted by atomic mass is 9.75. The van der Waals surface area contributed by atoms with E-state index in [2.05, 4.69) is 17.0 Å². The van der Waals surface area contributed by atoms with Crippen molar-refractivity contribution in [3.8, 4) is 0 Å². The second-order valence-corrected chi connectivity index (χ2v) is 4.44. The molecule has 1 rings (SSSR count). The minimum atomic E-state index is -4.20. The molecule has 16 heavy (non-hydrogen) atoms. The first kappa shape index (κ1) is 13.8. The molecule has 1 fully saturated rings. The Morgan fingerprint density at radius 2 is 2.00 bits per heavy atom. The molecular weight excluding hydrogens is 219 g/mol. The van der Waals surface area contributed by atoms with E-state index in [1.165, 1.54) is 19.3 Å². The molecule has 1 aliphatic carbocycles. The highest BCUT2D eigenvalue weighted by atomic mass is 19.4. The summed E-state index contributed by atoms with van der Waals surface area (Å²) in [4.78, 5) is 0. The molecule has 0 saturated heterocycles. The molecule has 0 aromatic rings. The van der Waals surface area contributed by atoms with Crippen LogP contribution in [0.25, 0.3) is 0 Å². The van der Waals surface area contributed by atoms with Gasteiger partial charge in [0.2, 0.25) is 0 Å². The summed E-state index contributed by atoms with van der Waals surface area (Å²) >= 11 is 0. The summed E-state index contributed by atoms with van der Waals surface area (Å²) in [6.45, 7) is 1.93. The number of hydrogen-bond acceptors (Lipinski definition) is 2. The van der Waals surface area contributed by atoms with E-state index in [1.54, 1.807) is 0 Å². The first-order valence-corrected chi connectivity index (χ1v) is 5.87. The fraction of sp³-hybridized carbons (Fsp3) is 1.00. The van der Waals surface area contributed by atoms with Crippen LogP contribution in [0, 0.1) is 0 Å². The highest BCUT2D eigenvalue weighted by Crippen LogP contribution is 2.34. The van der Waals surface area contributed by atoms with Crippen molar-refractivity contribution in [3.05, 3.63) is 0 Å². The van der Waals surface area contributed by atoms with E-state index >= 15 is 0 Å². The Morgan fingerprint density at radius 3 is 2.44 bits per heavy atom. The van der Waals surface area contributed by atoms with Gasteiger partial charge in [0.1, 0.15) is 6.61 Å². The minimum absolute atomic E-state index is 0.173. The molecule has 0 aromatic carbocycles. The third-order valence-electron chi connectivity index (χ3n) is 3.22. The van der Waals surface area contributed by atoms with Crippen molar-refractivity contribution in [1.82, 2.24) is 5.32 Å². The molecule has 2 nitrogen and oxygen atoms in total.